The second-order valence-electron chi connectivity index (χ2n) is 4.15. The third-order valence-electron chi connectivity index (χ3n) is 3.01. The van der Waals surface area contributed by atoms with E-state index in [9.17, 15) is 0 Å². The van der Waals surface area contributed by atoms with E-state index in [1.54, 1.807) is 0 Å². The number of aromatic nitrogens is 2. The van der Waals surface area contributed by atoms with Crippen LogP contribution in [0.25, 0.3) is 0 Å². The van der Waals surface area contributed by atoms with Gasteiger partial charge in [0.1, 0.15) is 0 Å². The first kappa shape index (κ1) is 10.6. The Balaban J connectivity index is 2.01. The second-order valence-corrected chi connectivity index (χ2v) is 4.15. The number of rotatable bonds is 4. The molecule has 1 aromatic heterocycles. The molecule has 0 fully saturated rings. The minimum Gasteiger partial charge on any atom is -0.329 e. The van der Waals surface area contributed by atoms with Gasteiger partial charge in [-0.1, -0.05) is 6.42 Å². The molecule has 0 saturated heterocycles. The third-order valence-corrected chi connectivity index (χ3v) is 3.01. The van der Waals surface area contributed by atoms with Crippen molar-refractivity contribution < 1.29 is 0 Å². The van der Waals surface area contributed by atoms with Crippen LogP contribution in [0.4, 0.5) is 0 Å². The Hall–Kier alpha value is -0.870. The molecule has 1 heterocycles. The Bertz CT molecular complexity index is 306. The summed E-state index contributed by atoms with van der Waals surface area (Å²) in [5.74, 6) is 0. The minimum atomic E-state index is 0.687. The fourth-order valence-electron chi connectivity index (χ4n) is 2.18. The van der Waals surface area contributed by atoms with Crippen molar-refractivity contribution in [3.63, 3.8) is 0 Å². The first-order chi connectivity index (χ1) is 7.42. The van der Waals surface area contributed by atoms with Crippen molar-refractivity contribution in [2.45, 2.75) is 38.6 Å². The van der Waals surface area contributed by atoms with Crippen LogP contribution in [0.3, 0.4) is 0 Å². The molecule has 2 rings (SSSR count). The number of hydrogen-bond donors (Lipinski definition) is 3. The van der Waals surface area contributed by atoms with Crippen molar-refractivity contribution >= 4 is 0 Å². The van der Waals surface area contributed by atoms with E-state index in [2.05, 4.69) is 15.5 Å². The maximum absolute atomic E-state index is 5.44. The van der Waals surface area contributed by atoms with Gasteiger partial charge in [0.2, 0.25) is 0 Å². The topological polar surface area (TPSA) is 66.7 Å². The molecule has 1 aliphatic carbocycles. The Morgan fingerprint density at radius 3 is 3.00 bits per heavy atom. The first-order valence-corrected chi connectivity index (χ1v) is 5.87. The van der Waals surface area contributed by atoms with Gasteiger partial charge in [0.15, 0.2) is 0 Å². The van der Waals surface area contributed by atoms with Gasteiger partial charge in [-0.05, 0) is 31.2 Å². The van der Waals surface area contributed by atoms with Crippen molar-refractivity contribution in [2.24, 2.45) is 5.73 Å². The number of nitrogens with zero attached hydrogens (tertiary/aromatic N) is 1. The molecule has 0 bridgehead atoms. The van der Waals surface area contributed by atoms with Crippen LogP contribution in [0.5, 0.6) is 0 Å². The van der Waals surface area contributed by atoms with Gasteiger partial charge in [-0.25, -0.2) is 0 Å². The van der Waals surface area contributed by atoms with Crippen molar-refractivity contribution in [3.8, 4) is 0 Å². The van der Waals surface area contributed by atoms with E-state index in [4.69, 9.17) is 5.73 Å². The lowest BCUT2D eigenvalue weighted by atomic mass is 10.1. The number of aryl methyl sites for hydroxylation is 1. The number of nitrogens with one attached hydrogen (secondary N) is 2. The molecular weight excluding hydrogens is 188 g/mol. The van der Waals surface area contributed by atoms with Gasteiger partial charge in [-0.15, -0.1) is 0 Å². The molecule has 4 nitrogen and oxygen atoms in total. The summed E-state index contributed by atoms with van der Waals surface area (Å²) >= 11 is 0. The average molecular weight is 208 g/mol. The molecule has 0 radical (unpaired) electrons. The molecule has 4 heteroatoms. The van der Waals surface area contributed by atoms with Crippen LogP contribution in [0.1, 0.15) is 36.2 Å². The van der Waals surface area contributed by atoms with Crippen LogP contribution in [0, 0.1) is 0 Å². The molecule has 1 aromatic rings. The van der Waals surface area contributed by atoms with Crippen molar-refractivity contribution in [1.29, 1.82) is 0 Å². The Morgan fingerprint density at radius 2 is 2.13 bits per heavy atom. The SMILES string of the molecule is NCCNCc1n[nH]c2c1CCCCC2. The molecular formula is C11H20N4. The van der Waals surface area contributed by atoms with E-state index in [1.165, 1.54) is 49.1 Å². The highest BCUT2D eigenvalue weighted by Gasteiger charge is 2.14. The summed E-state index contributed by atoms with van der Waals surface area (Å²) in [6, 6.07) is 0. The van der Waals surface area contributed by atoms with Gasteiger partial charge in [0.05, 0.1) is 5.69 Å². The Morgan fingerprint density at radius 1 is 1.27 bits per heavy atom. The number of H-pyrrole nitrogens is 1. The molecule has 0 unspecified atom stereocenters. The highest BCUT2D eigenvalue weighted by molar-refractivity contribution is 5.26. The van der Waals surface area contributed by atoms with Crippen molar-refractivity contribution in [1.82, 2.24) is 15.5 Å². The summed E-state index contributed by atoms with van der Waals surface area (Å²) in [5, 5.41) is 10.9. The predicted molar refractivity (Wildman–Crippen MR) is 60.6 cm³/mol. The molecule has 84 valence electrons. The van der Waals surface area contributed by atoms with E-state index in [1.807, 2.05) is 0 Å². The molecule has 4 N–H and O–H groups in total. The Kier molecular flexibility index (Phi) is 3.75. The van der Waals surface area contributed by atoms with Crippen LogP contribution in [0.2, 0.25) is 0 Å². The van der Waals surface area contributed by atoms with Crippen molar-refractivity contribution in [2.75, 3.05) is 13.1 Å². The van der Waals surface area contributed by atoms with E-state index in [0.29, 0.717) is 6.54 Å². The predicted octanol–water partition coefficient (Wildman–Crippen LogP) is 0.727. The summed E-state index contributed by atoms with van der Waals surface area (Å²) in [7, 11) is 0. The number of fused-ring (bicyclic) bond motifs is 1. The minimum absolute atomic E-state index is 0.687. The first-order valence-electron chi connectivity index (χ1n) is 5.87. The zero-order valence-corrected chi connectivity index (χ0v) is 9.18. The summed E-state index contributed by atoms with van der Waals surface area (Å²) in [6.45, 7) is 2.40. The summed E-state index contributed by atoms with van der Waals surface area (Å²) in [5.41, 5.74) is 9.45. The molecule has 1 aliphatic rings. The summed E-state index contributed by atoms with van der Waals surface area (Å²) in [6.07, 6.45) is 6.30. The monoisotopic (exact) mass is 208 g/mol. The fourth-order valence-corrected chi connectivity index (χ4v) is 2.18. The van der Waals surface area contributed by atoms with E-state index in [-0.39, 0.29) is 0 Å². The highest BCUT2D eigenvalue weighted by atomic mass is 15.1. The van der Waals surface area contributed by atoms with E-state index < -0.39 is 0 Å². The van der Waals surface area contributed by atoms with Crippen LogP contribution in [0.15, 0.2) is 0 Å². The van der Waals surface area contributed by atoms with Gasteiger partial charge in [-0.2, -0.15) is 5.10 Å². The van der Waals surface area contributed by atoms with Crippen LogP contribution < -0.4 is 11.1 Å². The normalized spacial score (nSPS) is 16.1. The molecule has 0 aliphatic heterocycles. The van der Waals surface area contributed by atoms with Gasteiger partial charge < -0.3 is 11.1 Å². The largest absolute Gasteiger partial charge is 0.329 e. The lowest BCUT2D eigenvalue weighted by molar-refractivity contribution is 0.663. The Labute approximate surface area is 90.6 Å². The molecule has 0 saturated carbocycles. The lowest BCUT2D eigenvalue weighted by Gasteiger charge is -2.03. The lowest BCUT2D eigenvalue weighted by Crippen LogP contribution is -2.22. The molecule has 0 aromatic carbocycles. The van der Waals surface area contributed by atoms with E-state index in [0.717, 1.165) is 13.1 Å². The standard InChI is InChI=1S/C11H20N4/c12-6-7-13-8-11-9-4-2-1-3-5-10(9)14-15-11/h13H,1-8,12H2,(H,14,15). The molecule has 15 heavy (non-hydrogen) atoms. The second kappa shape index (κ2) is 5.28. The molecule has 0 amide bonds. The van der Waals surface area contributed by atoms with Gasteiger partial charge >= 0.3 is 0 Å². The van der Waals surface area contributed by atoms with Gasteiger partial charge in [0.25, 0.3) is 0 Å². The van der Waals surface area contributed by atoms with E-state index >= 15 is 0 Å². The van der Waals surface area contributed by atoms with Crippen molar-refractivity contribution in [3.05, 3.63) is 17.0 Å². The van der Waals surface area contributed by atoms with Crippen LogP contribution in [-0.2, 0) is 19.4 Å². The van der Waals surface area contributed by atoms with Gasteiger partial charge in [-0.3, -0.25) is 5.10 Å². The quantitative estimate of drug-likeness (QED) is 0.505. The summed E-state index contributed by atoms with van der Waals surface area (Å²) in [4.78, 5) is 0. The maximum Gasteiger partial charge on any atom is 0.0794 e. The zero-order chi connectivity index (χ0) is 10.5. The van der Waals surface area contributed by atoms with Crippen LogP contribution >= 0.6 is 0 Å². The molecule has 0 atom stereocenters. The third kappa shape index (κ3) is 2.58. The molecule has 0 spiro atoms. The number of nitrogens with two attached hydrogens (primary N) is 1. The maximum atomic E-state index is 5.44. The van der Waals surface area contributed by atoms with Gasteiger partial charge in [0, 0.05) is 25.3 Å². The number of hydrogen-bond acceptors (Lipinski definition) is 3. The average Bonchev–Trinajstić information content (AvgIpc) is 2.50. The number of aromatic amines is 1. The fraction of sp³-hybridized carbons (Fsp3) is 0.727. The smallest absolute Gasteiger partial charge is 0.0794 e. The van der Waals surface area contributed by atoms with Crippen LogP contribution in [-0.4, -0.2) is 23.3 Å². The summed E-state index contributed by atoms with van der Waals surface area (Å²) < 4.78 is 0. The zero-order valence-electron chi connectivity index (χ0n) is 9.18. The highest BCUT2D eigenvalue weighted by Crippen LogP contribution is 2.21.